The van der Waals surface area contributed by atoms with Gasteiger partial charge in [0.1, 0.15) is 19.3 Å². The average Bonchev–Trinajstić information content (AvgIpc) is 3.09. The standard InChI is InChI=1S/C41H65BO5/c1-8-30-46-41(42,11-4)29-17-13-15-19-32-45-38-26-22-36(23-27-38)35-20-24-37(25-21-35)44-31-18-14-12-16-28-39(6,9-2)47-33-34(5)40(7,43)10-3/h8,20-27,34,43H,1,9-19,28-33H2,2-7H3. The smallest absolute Gasteiger partial charge is 0.119 e. The molecule has 0 saturated heterocycles. The lowest BCUT2D eigenvalue weighted by atomic mass is 9.75. The van der Waals surface area contributed by atoms with Crippen molar-refractivity contribution in [3.63, 3.8) is 0 Å². The molecule has 0 aliphatic carbocycles. The molecule has 0 heterocycles. The second-order valence-electron chi connectivity index (χ2n) is 13.8. The summed E-state index contributed by atoms with van der Waals surface area (Å²) in [7, 11) is 6.33. The van der Waals surface area contributed by atoms with E-state index in [0.29, 0.717) is 13.2 Å². The highest BCUT2D eigenvalue weighted by molar-refractivity contribution is 6.14. The van der Waals surface area contributed by atoms with Crippen molar-refractivity contribution in [2.24, 2.45) is 5.92 Å². The summed E-state index contributed by atoms with van der Waals surface area (Å²) in [5.74, 6) is 1.94. The van der Waals surface area contributed by atoms with Crippen molar-refractivity contribution in [1.29, 1.82) is 0 Å². The van der Waals surface area contributed by atoms with E-state index < -0.39 is 11.1 Å². The molecule has 0 bridgehead atoms. The minimum Gasteiger partial charge on any atom is -0.494 e. The average molecular weight is 649 g/mol. The van der Waals surface area contributed by atoms with Gasteiger partial charge in [0.15, 0.2) is 0 Å². The first-order valence-electron chi connectivity index (χ1n) is 18.4. The molecular weight excluding hydrogens is 583 g/mol. The Morgan fingerprint density at radius 3 is 1.64 bits per heavy atom. The van der Waals surface area contributed by atoms with Gasteiger partial charge in [0.25, 0.3) is 0 Å². The number of rotatable bonds is 27. The summed E-state index contributed by atoms with van der Waals surface area (Å²) in [5, 5.41) is 10.5. The van der Waals surface area contributed by atoms with Gasteiger partial charge in [0.05, 0.1) is 37.6 Å². The molecule has 6 heteroatoms. The van der Waals surface area contributed by atoms with Crippen molar-refractivity contribution in [3.05, 3.63) is 61.2 Å². The largest absolute Gasteiger partial charge is 0.494 e. The van der Waals surface area contributed by atoms with E-state index in [1.807, 2.05) is 26.0 Å². The highest BCUT2D eigenvalue weighted by Gasteiger charge is 2.30. The fourth-order valence-corrected chi connectivity index (χ4v) is 5.48. The zero-order chi connectivity index (χ0) is 34.6. The lowest BCUT2D eigenvalue weighted by molar-refractivity contribution is -0.0968. The summed E-state index contributed by atoms with van der Waals surface area (Å²) in [6.45, 7) is 18.7. The van der Waals surface area contributed by atoms with Crippen LogP contribution in [0.25, 0.3) is 11.1 Å². The summed E-state index contributed by atoms with van der Waals surface area (Å²) < 4.78 is 24.1. The normalized spacial score (nSPS) is 16.1. The number of aliphatic hydroxyl groups is 1. The summed E-state index contributed by atoms with van der Waals surface area (Å²) in [6, 6.07) is 16.7. The van der Waals surface area contributed by atoms with Crippen LogP contribution in [0.3, 0.4) is 0 Å². The van der Waals surface area contributed by atoms with Crippen LogP contribution in [0.1, 0.15) is 125 Å². The van der Waals surface area contributed by atoms with Gasteiger partial charge < -0.3 is 24.1 Å². The fourth-order valence-electron chi connectivity index (χ4n) is 5.48. The van der Waals surface area contributed by atoms with E-state index in [1.165, 1.54) is 6.42 Å². The van der Waals surface area contributed by atoms with Crippen LogP contribution in [0.2, 0.25) is 0 Å². The van der Waals surface area contributed by atoms with Gasteiger partial charge in [-0.3, -0.25) is 0 Å². The Bertz CT molecular complexity index is 1100. The molecule has 4 atom stereocenters. The third-order valence-electron chi connectivity index (χ3n) is 9.97. The van der Waals surface area contributed by atoms with Crippen LogP contribution < -0.4 is 9.47 Å². The number of hydrogen-bond donors (Lipinski definition) is 1. The molecule has 0 spiro atoms. The van der Waals surface area contributed by atoms with Crippen LogP contribution in [-0.4, -0.2) is 56.1 Å². The number of hydrogen-bond acceptors (Lipinski definition) is 5. The van der Waals surface area contributed by atoms with E-state index in [2.05, 4.69) is 70.7 Å². The van der Waals surface area contributed by atoms with Crippen LogP contribution in [0.15, 0.2) is 61.2 Å². The van der Waals surface area contributed by atoms with E-state index in [4.69, 9.17) is 26.8 Å². The summed E-state index contributed by atoms with van der Waals surface area (Å²) in [5.41, 5.74) is 0.996. The third kappa shape index (κ3) is 15.7. The lowest BCUT2D eigenvalue weighted by Crippen LogP contribution is -2.38. The minimum atomic E-state index is -0.673. The van der Waals surface area contributed by atoms with E-state index >= 15 is 0 Å². The molecular formula is C41H65BO5. The van der Waals surface area contributed by atoms with Crippen molar-refractivity contribution in [1.82, 2.24) is 0 Å². The van der Waals surface area contributed by atoms with E-state index in [-0.39, 0.29) is 11.5 Å². The molecule has 1 N–H and O–H groups in total. The van der Waals surface area contributed by atoms with Crippen LogP contribution in [-0.2, 0) is 9.47 Å². The zero-order valence-corrected chi connectivity index (χ0v) is 30.7. The number of benzene rings is 2. The summed E-state index contributed by atoms with van der Waals surface area (Å²) in [6.07, 6.45) is 15.0. The van der Waals surface area contributed by atoms with Gasteiger partial charge in [-0.25, -0.2) is 0 Å². The topological polar surface area (TPSA) is 57.2 Å². The monoisotopic (exact) mass is 648 g/mol. The molecule has 262 valence electrons. The quantitative estimate of drug-likeness (QED) is 0.0594. The molecule has 0 aliphatic heterocycles. The SMILES string of the molecule is [B]C(CC)(CCCCCCOc1ccc(-c2ccc(OCCCCCCC(C)(CC)OCC(C)C(C)(O)CC)cc2)cc1)OCC=C. The third-order valence-corrected chi connectivity index (χ3v) is 9.97. The van der Waals surface area contributed by atoms with Gasteiger partial charge in [0.2, 0.25) is 0 Å². The molecule has 2 rings (SSSR count). The number of unbranched alkanes of at least 4 members (excludes halogenated alkanes) is 6. The van der Waals surface area contributed by atoms with Gasteiger partial charge >= 0.3 is 0 Å². The Morgan fingerprint density at radius 1 is 0.702 bits per heavy atom. The fraction of sp³-hybridized carbons (Fsp3) is 0.659. The maximum atomic E-state index is 10.5. The van der Waals surface area contributed by atoms with E-state index in [0.717, 1.165) is 113 Å². The molecule has 2 radical (unpaired) electrons. The molecule has 2 aromatic rings. The second-order valence-corrected chi connectivity index (χ2v) is 13.8. The van der Waals surface area contributed by atoms with Crippen molar-refractivity contribution in [2.75, 3.05) is 26.4 Å². The predicted molar refractivity (Wildman–Crippen MR) is 199 cm³/mol. The predicted octanol–water partition coefficient (Wildman–Crippen LogP) is 10.5. The van der Waals surface area contributed by atoms with Crippen molar-refractivity contribution >= 4 is 7.85 Å². The maximum absolute atomic E-state index is 10.5. The van der Waals surface area contributed by atoms with Crippen LogP contribution in [0.4, 0.5) is 0 Å². The van der Waals surface area contributed by atoms with Crippen LogP contribution in [0, 0.1) is 5.92 Å². The first kappa shape index (κ1) is 40.9. The number of ether oxygens (including phenoxy) is 4. The van der Waals surface area contributed by atoms with Crippen LogP contribution >= 0.6 is 0 Å². The molecule has 0 aliphatic rings. The molecule has 4 unspecified atom stereocenters. The second kappa shape index (κ2) is 21.6. The Kier molecular flexibility index (Phi) is 18.8. The Hall–Kier alpha value is -2.28. The van der Waals surface area contributed by atoms with Gasteiger partial charge in [0, 0.05) is 11.4 Å². The Balaban J connectivity index is 1.60. The minimum absolute atomic E-state index is 0.120. The van der Waals surface area contributed by atoms with Crippen molar-refractivity contribution in [3.8, 4) is 22.6 Å². The van der Waals surface area contributed by atoms with Crippen LogP contribution in [0.5, 0.6) is 11.5 Å². The molecule has 0 fully saturated rings. The van der Waals surface area contributed by atoms with E-state index in [9.17, 15) is 5.11 Å². The molecule has 0 saturated carbocycles. The first-order chi connectivity index (χ1) is 22.5. The van der Waals surface area contributed by atoms with Gasteiger partial charge in [-0.05, 0) is 94.2 Å². The van der Waals surface area contributed by atoms with Gasteiger partial charge in [-0.2, -0.15) is 0 Å². The Labute approximate surface area is 289 Å². The highest BCUT2D eigenvalue weighted by atomic mass is 16.5. The molecule has 47 heavy (non-hydrogen) atoms. The van der Waals surface area contributed by atoms with Gasteiger partial charge in [-0.15, -0.1) is 6.58 Å². The summed E-state index contributed by atoms with van der Waals surface area (Å²) >= 11 is 0. The first-order valence-corrected chi connectivity index (χ1v) is 18.4. The van der Waals surface area contributed by atoms with Crippen molar-refractivity contribution < 1.29 is 24.1 Å². The summed E-state index contributed by atoms with van der Waals surface area (Å²) in [4.78, 5) is 0. The molecule has 5 nitrogen and oxygen atoms in total. The van der Waals surface area contributed by atoms with E-state index in [1.54, 1.807) is 6.08 Å². The molecule has 0 amide bonds. The zero-order valence-electron chi connectivity index (χ0n) is 30.7. The Morgan fingerprint density at radius 2 is 1.19 bits per heavy atom. The molecule has 0 aromatic heterocycles. The van der Waals surface area contributed by atoms with Crippen molar-refractivity contribution in [2.45, 2.75) is 142 Å². The molecule has 2 aromatic carbocycles. The maximum Gasteiger partial charge on any atom is 0.119 e. The highest BCUT2D eigenvalue weighted by Crippen LogP contribution is 2.28. The lowest BCUT2D eigenvalue weighted by Gasteiger charge is -2.34. The van der Waals surface area contributed by atoms with Gasteiger partial charge in [-0.1, -0.05) is 96.6 Å².